The summed E-state index contributed by atoms with van der Waals surface area (Å²) in [5.74, 6) is 0.841. The highest BCUT2D eigenvalue weighted by atomic mass is 16.3. The summed E-state index contributed by atoms with van der Waals surface area (Å²) in [7, 11) is 1.85. The Balaban J connectivity index is 1.67. The third kappa shape index (κ3) is 4.11. The van der Waals surface area contributed by atoms with Gasteiger partial charge in [-0.05, 0) is 38.2 Å². The van der Waals surface area contributed by atoms with Crippen LogP contribution >= 0.6 is 0 Å². The van der Waals surface area contributed by atoms with Gasteiger partial charge in [-0.15, -0.1) is 0 Å². The van der Waals surface area contributed by atoms with E-state index in [9.17, 15) is 4.79 Å². The van der Waals surface area contributed by atoms with Gasteiger partial charge in [0.1, 0.15) is 5.76 Å². The van der Waals surface area contributed by atoms with E-state index in [1.54, 1.807) is 17.1 Å². The molecule has 0 radical (unpaired) electrons. The number of carbonyl (C=O) groups excluding carboxylic acids is 1. The smallest absolute Gasteiger partial charge is 0.319 e. The van der Waals surface area contributed by atoms with Crippen molar-refractivity contribution in [3.05, 3.63) is 42.1 Å². The predicted molar refractivity (Wildman–Crippen MR) is 105 cm³/mol. The van der Waals surface area contributed by atoms with Crippen molar-refractivity contribution in [1.82, 2.24) is 25.0 Å². The molecule has 144 valence electrons. The molecule has 8 nitrogen and oxygen atoms in total. The standard InChI is InChI=1S/C19H26N6O2/c1-5-25(6-2)16(17-8-7-9-27-17)12-21-19(26)22-14-10-15-13(3)23-24(4)18(15)20-11-14/h7-11,16H,5-6,12H2,1-4H3,(H2,21,22,26). The molecule has 0 saturated heterocycles. The number of furan rings is 1. The minimum Gasteiger partial charge on any atom is -0.468 e. The average Bonchev–Trinajstić information content (AvgIpc) is 3.27. The number of nitrogens with one attached hydrogen (secondary N) is 2. The minimum absolute atomic E-state index is 0.0121. The number of amides is 2. The van der Waals surface area contributed by atoms with Gasteiger partial charge < -0.3 is 15.1 Å². The van der Waals surface area contributed by atoms with E-state index >= 15 is 0 Å². The van der Waals surface area contributed by atoms with Crippen LogP contribution in [0.1, 0.15) is 31.3 Å². The first-order valence-electron chi connectivity index (χ1n) is 9.15. The van der Waals surface area contributed by atoms with Gasteiger partial charge in [-0.3, -0.25) is 9.58 Å². The molecule has 2 amide bonds. The van der Waals surface area contributed by atoms with Crippen LogP contribution in [0.2, 0.25) is 0 Å². The lowest BCUT2D eigenvalue weighted by atomic mass is 10.2. The van der Waals surface area contributed by atoms with E-state index in [0.717, 1.165) is 35.6 Å². The van der Waals surface area contributed by atoms with Crippen LogP contribution in [0.15, 0.2) is 35.1 Å². The molecule has 1 atom stereocenters. The quantitative estimate of drug-likeness (QED) is 0.667. The molecule has 3 aromatic rings. The highest BCUT2D eigenvalue weighted by Gasteiger charge is 2.21. The zero-order chi connectivity index (χ0) is 19.4. The van der Waals surface area contributed by atoms with Gasteiger partial charge in [0, 0.05) is 19.0 Å². The fraction of sp³-hybridized carbons (Fsp3) is 0.421. The Kier molecular flexibility index (Phi) is 5.75. The number of carbonyl (C=O) groups is 1. The van der Waals surface area contributed by atoms with Crippen LogP contribution in [0.3, 0.4) is 0 Å². The molecule has 1 unspecified atom stereocenters. The van der Waals surface area contributed by atoms with E-state index in [0.29, 0.717) is 12.2 Å². The number of aryl methyl sites for hydroxylation is 2. The molecule has 0 aliphatic heterocycles. The van der Waals surface area contributed by atoms with Crippen molar-refractivity contribution < 1.29 is 9.21 Å². The first kappa shape index (κ1) is 18.9. The summed E-state index contributed by atoms with van der Waals surface area (Å²) in [6.07, 6.45) is 3.29. The molecule has 0 aromatic carbocycles. The maximum atomic E-state index is 12.4. The first-order valence-corrected chi connectivity index (χ1v) is 9.15. The highest BCUT2D eigenvalue weighted by Crippen LogP contribution is 2.21. The number of aromatic nitrogens is 3. The monoisotopic (exact) mass is 370 g/mol. The van der Waals surface area contributed by atoms with E-state index in [2.05, 4.69) is 39.5 Å². The highest BCUT2D eigenvalue weighted by molar-refractivity contribution is 5.92. The number of fused-ring (bicyclic) bond motifs is 1. The molecule has 0 fully saturated rings. The number of urea groups is 1. The molecule has 8 heteroatoms. The number of hydrogen-bond donors (Lipinski definition) is 2. The Labute approximate surface area is 158 Å². The molecule has 3 aromatic heterocycles. The maximum Gasteiger partial charge on any atom is 0.319 e. The third-order valence-corrected chi connectivity index (χ3v) is 4.70. The number of nitrogens with zero attached hydrogens (tertiary/aromatic N) is 4. The summed E-state index contributed by atoms with van der Waals surface area (Å²) in [5, 5.41) is 11.1. The summed E-state index contributed by atoms with van der Waals surface area (Å²) < 4.78 is 7.29. The zero-order valence-electron chi connectivity index (χ0n) is 16.2. The molecule has 3 heterocycles. The summed E-state index contributed by atoms with van der Waals surface area (Å²) in [4.78, 5) is 19.0. The van der Waals surface area contributed by atoms with Gasteiger partial charge in [0.25, 0.3) is 0 Å². The van der Waals surface area contributed by atoms with Crippen molar-refractivity contribution in [1.29, 1.82) is 0 Å². The van der Waals surface area contributed by atoms with E-state index in [4.69, 9.17) is 4.42 Å². The Morgan fingerprint density at radius 3 is 2.81 bits per heavy atom. The first-order chi connectivity index (χ1) is 13.0. The van der Waals surface area contributed by atoms with Gasteiger partial charge in [-0.2, -0.15) is 5.10 Å². The van der Waals surface area contributed by atoms with Crippen molar-refractivity contribution in [3.63, 3.8) is 0 Å². The minimum atomic E-state index is -0.276. The van der Waals surface area contributed by atoms with Crippen molar-refractivity contribution in [3.8, 4) is 0 Å². The molecule has 3 rings (SSSR count). The Bertz CT molecular complexity index is 898. The number of anilines is 1. The molecular weight excluding hydrogens is 344 g/mol. The van der Waals surface area contributed by atoms with Crippen LogP contribution in [0.25, 0.3) is 11.0 Å². The summed E-state index contributed by atoms with van der Waals surface area (Å²) >= 11 is 0. The van der Waals surface area contributed by atoms with Gasteiger partial charge in [-0.25, -0.2) is 9.78 Å². The summed E-state index contributed by atoms with van der Waals surface area (Å²) in [5.41, 5.74) is 2.30. The molecule has 0 aliphatic carbocycles. The van der Waals surface area contributed by atoms with Crippen LogP contribution in [-0.2, 0) is 7.05 Å². The summed E-state index contributed by atoms with van der Waals surface area (Å²) in [6, 6.07) is 5.40. The molecule has 0 aliphatic rings. The Morgan fingerprint density at radius 2 is 2.15 bits per heavy atom. The molecular formula is C19H26N6O2. The lowest BCUT2D eigenvalue weighted by molar-refractivity contribution is 0.188. The van der Waals surface area contributed by atoms with E-state index < -0.39 is 0 Å². The second kappa shape index (κ2) is 8.22. The fourth-order valence-electron chi connectivity index (χ4n) is 3.30. The SMILES string of the molecule is CCN(CC)C(CNC(=O)Nc1cnc2c(c1)c(C)nn2C)c1ccco1. The predicted octanol–water partition coefficient (Wildman–Crippen LogP) is 3.07. The number of pyridine rings is 1. The van der Waals surface area contributed by atoms with Crippen molar-refractivity contribution in [2.75, 3.05) is 25.0 Å². The lowest BCUT2D eigenvalue weighted by Gasteiger charge is -2.28. The largest absolute Gasteiger partial charge is 0.468 e. The fourth-order valence-corrected chi connectivity index (χ4v) is 3.30. The summed E-state index contributed by atoms with van der Waals surface area (Å²) in [6.45, 7) is 8.29. The van der Waals surface area contributed by atoms with Crippen LogP contribution in [0.4, 0.5) is 10.5 Å². The van der Waals surface area contributed by atoms with Crippen LogP contribution in [0.5, 0.6) is 0 Å². The second-order valence-corrected chi connectivity index (χ2v) is 6.39. The van der Waals surface area contributed by atoms with E-state index in [-0.39, 0.29) is 12.1 Å². The van der Waals surface area contributed by atoms with Gasteiger partial charge in [0.05, 0.1) is 29.9 Å². The lowest BCUT2D eigenvalue weighted by Crippen LogP contribution is -2.39. The second-order valence-electron chi connectivity index (χ2n) is 6.39. The molecule has 0 spiro atoms. The third-order valence-electron chi connectivity index (χ3n) is 4.70. The average molecular weight is 370 g/mol. The van der Waals surface area contributed by atoms with E-state index in [1.165, 1.54) is 0 Å². The van der Waals surface area contributed by atoms with Gasteiger partial charge >= 0.3 is 6.03 Å². The number of hydrogen-bond acceptors (Lipinski definition) is 5. The number of likely N-dealkylation sites (N-methyl/N-ethyl adjacent to an activating group) is 1. The van der Waals surface area contributed by atoms with Crippen molar-refractivity contribution in [2.45, 2.75) is 26.8 Å². The van der Waals surface area contributed by atoms with E-state index in [1.807, 2.05) is 32.2 Å². The van der Waals surface area contributed by atoms with Crippen LogP contribution in [-0.4, -0.2) is 45.3 Å². The van der Waals surface area contributed by atoms with Crippen LogP contribution in [0, 0.1) is 6.92 Å². The van der Waals surface area contributed by atoms with Gasteiger partial charge in [0.2, 0.25) is 0 Å². The Hall–Kier alpha value is -2.87. The topological polar surface area (TPSA) is 88.2 Å². The zero-order valence-corrected chi connectivity index (χ0v) is 16.2. The molecule has 0 saturated carbocycles. The maximum absolute atomic E-state index is 12.4. The molecule has 2 N–H and O–H groups in total. The Morgan fingerprint density at radius 1 is 1.37 bits per heavy atom. The van der Waals surface area contributed by atoms with Crippen molar-refractivity contribution in [2.24, 2.45) is 7.05 Å². The number of rotatable bonds is 7. The van der Waals surface area contributed by atoms with Gasteiger partial charge in [-0.1, -0.05) is 13.8 Å². The van der Waals surface area contributed by atoms with Crippen LogP contribution < -0.4 is 10.6 Å². The molecule has 27 heavy (non-hydrogen) atoms. The molecule has 0 bridgehead atoms. The van der Waals surface area contributed by atoms with Gasteiger partial charge in [0.15, 0.2) is 5.65 Å². The van der Waals surface area contributed by atoms with Crippen molar-refractivity contribution >= 4 is 22.8 Å². The normalized spacial score (nSPS) is 12.5.